The van der Waals surface area contributed by atoms with Gasteiger partial charge >= 0.3 is 0 Å². The number of imidazole rings is 1. The molecule has 3 aromatic heterocycles. The van der Waals surface area contributed by atoms with Gasteiger partial charge in [-0.15, -0.1) is 0 Å². The molecule has 4 rings (SSSR count). The van der Waals surface area contributed by atoms with Crippen LogP contribution in [-0.2, 0) is 13.5 Å². The molecule has 0 atom stereocenters. The van der Waals surface area contributed by atoms with Gasteiger partial charge in [-0.25, -0.2) is 19.9 Å². The van der Waals surface area contributed by atoms with Crippen LogP contribution in [0.3, 0.4) is 0 Å². The molecule has 4 aromatic rings. The Morgan fingerprint density at radius 2 is 1.84 bits per heavy atom. The van der Waals surface area contributed by atoms with E-state index in [1.807, 2.05) is 30.1 Å². The fourth-order valence-corrected chi connectivity index (χ4v) is 2.87. The predicted molar refractivity (Wildman–Crippen MR) is 98.6 cm³/mol. The van der Waals surface area contributed by atoms with Crippen molar-refractivity contribution in [2.24, 2.45) is 7.05 Å². The number of aryl methyl sites for hydroxylation is 2. The van der Waals surface area contributed by atoms with E-state index in [4.69, 9.17) is 0 Å². The lowest BCUT2D eigenvalue weighted by Gasteiger charge is -2.12. The maximum Gasteiger partial charge on any atom is 0.132 e. The molecule has 0 unspecified atom stereocenters. The SMILES string of the molecule is CCc1cc(-c2cncnc2)ccc1Nc1cc2c(cn1)ncn2C. The fourth-order valence-electron chi connectivity index (χ4n) is 2.87. The summed E-state index contributed by atoms with van der Waals surface area (Å²) in [5.41, 5.74) is 6.33. The van der Waals surface area contributed by atoms with Crippen molar-refractivity contribution < 1.29 is 0 Å². The minimum Gasteiger partial charge on any atom is -0.340 e. The first-order chi connectivity index (χ1) is 12.2. The highest BCUT2D eigenvalue weighted by molar-refractivity contribution is 5.79. The first-order valence-electron chi connectivity index (χ1n) is 8.17. The van der Waals surface area contributed by atoms with Crippen LogP contribution in [0.15, 0.2) is 55.5 Å². The van der Waals surface area contributed by atoms with Crippen LogP contribution >= 0.6 is 0 Å². The van der Waals surface area contributed by atoms with Crippen molar-refractivity contribution in [3.8, 4) is 11.1 Å². The molecule has 0 saturated heterocycles. The van der Waals surface area contributed by atoms with Crippen LogP contribution in [0.1, 0.15) is 12.5 Å². The summed E-state index contributed by atoms with van der Waals surface area (Å²) in [6.45, 7) is 2.14. The molecule has 3 heterocycles. The van der Waals surface area contributed by atoms with Crippen molar-refractivity contribution in [2.45, 2.75) is 13.3 Å². The summed E-state index contributed by atoms with van der Waals surface area (Å²) >= 11 is 0. The van der Waals surface area contributed by atoms with E-state index in [0.717, 1.165) is 40.1 Å². The zero-order valence-electron chi connectivity index (χ0n) is 14.1. The maximum absolute atomic E-state index is 4.46. The van der Waals surface area contributed by atoms with Crippen LogP contribution < -0.4 is 5.32 Å². The minimum atomic E-state index is 0.807. The summed E-state index contributed by atoms with van der Waals surface area (Å²) in [6, 6.07) is 8.34. The third-order valence-electron chi connectivity index (χ3n) is 4.25. The summed E-state index contributed by atoms with van der Waals surface area (Å²) in [4.78, 5) is 17.0. The number of nitrogens with zero attached hydrogens (tertiary/aromatic N) is 5. The Labute approximate surface area is 145 Å². The van der Waals surface area contributed by atoms with E-state index in [0.29, 0.717) is 0 Å². The van der Waals surface area contributed by atoms with E-state index in [1.165, 1.54) is 5.56 Å². The van der Waals surface area contributed by atoms with E-state index in [9.17, 15) is 0 Å². The molecule has 1 N–H and O–H groups in total. The molecule has 0 aliphatic heterocycles. The second-order valence-corrected chi connectivity index (χ2v) is 5.89. The number of anilines is 2. The summed E-state index contributed by atoms with van der Waals surface area (Å²) in [7, 11) is 1.98. The van der Waals surface area contributed by atoms with Crippen LogP contribution in [0.4, 0.5) is 11.5 Å². The molecule has 6 heteroatoms. The zero-order chi connectivity index (χ0) is 17.2. The van der Waals surface area contributed by atoms with Crippen LogP contribution in [-0.4, -0.2) is 24.5 Å². The van der Waals surface area contributed by atoms with Gasteiger partial charge in [0, 0.05) is 36.8 Å². The van der Waals surface area contributed by atoms with Crippen molar-refractivity contribution >= 4 is 22.5 Å². The number of aromatic nitrogens is 5. The van der Waals surface area contributed by atoms with Gasteiger partial charge in [0.05, 0.1) is 18.0 Å². The average molecular weight is 330 g/mol. The summed E-state index contributed by atoms with van der Waals surface area (Å²) in [5, 5.41) is 3.43. The Hall–Kier alpha value is -3.28. The summed E-state index contributed by atoms with van der Waals surface area (Å²) in [6.07, 6.45) is 9.70. The van der Waals surface area contributed by atoms with Gasteiger partial charge in [0.15, 0.2) is 0 Å². The number of hydrogen-bond donors (Lipinski definition) is 1. The highest BCUT2D eigenvalue weighted by Gasteiger charge is 2.07. The van der Waals surface area contributed by atoms with E-state index >= 15 is 0 Å². The fraction of sp³-hybridized carbons (Fsp3) is 0.158. The Morgan fingerprint density at radius 1 is 1.00 bits per heavy atom. The lowest BCUT2D eigenvalue weighted by atomic mass is 10.0. The van der Waals surface area contributed by atoms with E-state index in [2.05, 4.69) is 50.4 Å². The quantitative estimate of drug-likeness (QED) is 0.617. The first kappa shape index (κ1) is 15.3. The van der Waals surface area contributed by atoms with Gasteiger partial charge in [0.2, 0.25) is 0 Å². The topological polar surface area (TPSA) is 68.5 Å². The number of nitrogens with one attached hydrogen (secondary N) is 1. The molecule has 0 aliphatic carbocycles. The van der Waals surface area contributed by atoms with Crippen LogP contribution in [0, 0.1) is 0 Å². The smallest absolute Gasteiger partial charge is 0.132 e. The number of benzene rings is 1. The molecule has 0 aliphatic rings. The van der Waals surface area contributed by atoms with Gasteiger partial charge in [0.1, 0.15) is 17.7 Å². The van der Waals surface area contributed by atoms with Gasteiger partial charge in [-0.2, -0.15) is 0 Å². The normalized spacial score (nSPS) is 11.0. The molecule has 0 fully saturated rings. The van der Waals surface area contributed by atoms with Crippen molar-refractivity contribution in [3.05, 3.63) is 61.1 Å². The number of hydrogen-bond acceptors (Lipinski definition) is 5. The lowest BCUT2D eigenvalue weighted by Crippen LogP contribution is -1.98. The van der Waals surface area contributed by atoms with Crippen LogP contribution in [0.2, 0.25) is 0 Å². The maximum atomic E-state index is 4.46. The van der Waals surface area contributed by atoms with Crippen LogP contribution in [0.25, 0.3) is 22.2 Å². The molecule has 0 saturated carbocycles. The average Bonchev–Trinajstić information content (AvgIpc) is 3.03. The molecule has 25 heavy (non-hydrogen) atoms. The monoisotopic (exact) mass is 330 g/mol. The van der Waals surface area contributed by atoms with Crippen molar-refractivity contribution in [1.29, 1.82) is 0 Å². The van der Waals surface area contributed by atoms with E-state index in [1.54, 1.807) is 18.9 Å². The number of pyridine rings is 1. The van der Waals surface area contributed by atoms with Gasteiger partial charge in [-0.1, -0.05) is 13.0 Å². The molecule has 6 nitrogen and oxygen atoms in total. The Morgan fingerprint density at radius 3 is 2.64 bits per heavy atom. The molecule has 0 amide bonds. The number of fused-ring (bicyclic) bond motifs is 1. The zero-order valence-corrected chi connectivity index (χ0v) is 14.1. The van der Waals surface area contributed by atoms with Crippen LogP contribution in [0.5, 0.6) is 0 Å². The Balaban J connectivity index is 1.68. The summed E-state index contributed by atoms with van der Waals surface area (Å²) in [5.74, 6) is 0.807. The second kappa shape index (κ2) is 6.32. The molecule has 124 valence electrons. The van der Waals surface area contributed by atoms with Gasteiger partial charge in [-0.05, 0) is 29.7 Å². The molecule has 0 bridgehead atoms. The third kappa shape index (κ3) is 2.94. The first-order valence-corrected chi connectivity index (χ1v) is 8.17. The molecular formula is C19H18N6. The molecule has 1 aromatic carbocycles. The Bertz CT molecular complexity index is 1020. The largest absolute Gasteiger partial charge is 0.340 e. The van der Waals surface area contributed by atoms with E-state index < -0.39 is 0 Å². The van der Waals surface area contributed by atoms with Gasteiger partial charge < -0.3 is 9.88 Å². The Kier molecular flexibility index (Phi) is 3.85. The number of rotatable bonds is 4. The predicted octanol–water partition coefficient (Wildman–Crippen LogP) is 3.73. The second-order valence-electron chi connectivity index (χ2n) is 5.89. The minimum absolute atomic E-state index is 0.807. The highest BCUT2D eigenvalue weighted by atomic mass is 15.0. The van der Waals surface area contributed by atoms with Gasteiger partial charge in [0.25, 0.3) is 0 Å². The highest BCUT2D eigenvalue weighted by Crippen LogP contribution is 2.27. The lowest BCUT2D eigenvalue weighted by molar-refractivity contribution is 0.947. The molecule has 0 radical (unpaired) electrons. The summed E-state index contributed by atoms with van der Waals surface area (Å²) < 4.78 is 1.99. The van der Waals surface area contributed by atoms with Crippen molar-refractivity contribution in [3.63, 3.8) is 0 Å². The van der Waals surface area contributed by atoms with E-state index in [-0.39, 0.29) is 0 Å². The molecular weight excluding hydrogens is 312 g/mol. The molecule has 0 spiro atoms. The van der Waals surface area contributed by atoms with Gasteiger partial charge in [-0.3, -0.25) is 0 Å². The standard InChI is InChI=1S/C19H18N6/c1-3-13-6-14(15-8-20-11-21-9-15)4-5-16(13)24-19-7-18-17(10-22-19)23-12-25(18)2/h4-12H,3H2,1-2H3,(H,22,24). The third-order valence-corrected chi connectivity index (χ3v) is 4.25. The van der Waals surface area contributed by atoms with Crippen molar-refractivity contribution in [2.75, 3.05) is 5.32 Å². The van der Waals surface area contributed by atoms with Crippen molar-refractivity contribution in [1.82, 2.24) is 24.5 Å².